The number of hydrogen-bond donors (Lipinski definition) is 2. The quantitative estimate of drug-likeness (QED) is 0.406. The summed E-state index contributed by atoms with van der Waals surface area (Å²) in [7, 11) is 0. The van der Waals surface area contributed by atoms with Crippen LogP contribution in [0.15, 0.2) is 6.07 Å². The number of ether oxygens (including phenoxy) is 2. The summed E-state index contributed by atoms with van der Waals surface area (Å²) in [6.45, 7) is 4.83. The first-order valence-electron chi connectivity index (χ1n) is 15.4. The van der Waals surface area contributed by atoms with E-state index in [0.717, 1.165) is 38.3 Å². The standard InChI is InChI=1S/C30H33F5N8O2/c1-13-8-18(36)38-23(20(13)30(33,34)35)24-21(32)22-19-26(41-28(40-22)44-12-29-6-3-7-42(29)10-15(31)9-29)43-11-16-4-5-17(37-16)25(43)14(2)45-27(19)39-24/h8,14-17,25,37H,3-7,9-12H2,1-2H3,(H2,36,38)/t14-,15+,16+,17-,25+,29-/m0/s1. The molecule has 0 saturated carbocycles. The first-order chi connectivity index (χ1) is 21.4. The third-order valence-electron chi connectivity index (χ3n) is 10.2. The number of nitrogens with two attached hydrogens (primary N) is 1. The molecule has 5 aliphatic heterocycles. The molecule has 8 heterocycles. The second kappa shape index (κ2) is 9.95. The predicted molar refractivity (Wildman–Crippen MR) is 154 cm³/mol. The first kappa shape index (κ1) is 28.9. The average Bonchev–Trinajstić information content (AvgIpc) is 3.60. The van der Waals surface area contributed by atoms with E-state index in [2.05, 4.69) is 30.1 Å². The Balaban J connectivity index is 1.32. The molecule has 45 heavy (non-hydrogen) atoms. The van der Waals surface area contributed by atoms with Crippen LogP contribution in [0, 0.1) is 12.7 Å². The molecule has 5 aliphatic rings. The minimum atomic E-state index is -4.87. The topological polar surface area (TPSA) is 115 Å². The molecule has 3 N–H and O–H groups in total. The van der Waals surface area contributed by atoms with Crippen molar-refractivity contribution in [2.45, 2.75) is 88.1 Å². The fraction of sp³-hybridized carbons (Fsp3) is 0.600. The minimum Gasteiger partial charge on any atom is -0.472 e. The van der Waals surface area contributed by atoms with E-state index in [-0.39, 0.29) is 58.9 Å². The van der Waals surface area contributed by atoms with E-state index in [4.69, 9.17) is 20.2 Å². The van der Waals surface area contributed by atoms with Gasteiger partial charge in [-0.25, -0.2) is 18.7 Å². The van der Waals surface area contributed by atoms with Crippen molar-refractivity contribution >= 4 is 22.5 Å². The first-order valence-corrected chi connectivity index (χ1v) is 15.4. The number of halogens is 5. The molecule has 0 aliphatic carbocycles. The Hall–Kier alpha value is -3.59. The maximum atomic E-state index is 16.7. The molecular formula is C30H33F5N8O2. The molecule has 3 aromatic rings. The lowest BCUT2D eigenvalue weighted by Gasteiger charge is -2.42. The molecule has 240 valence electrons. The molecule has 0 spiro atoms. The monoisotopic (exact) mass is 632 g/mol. The van der Waals surface area contributed by atoms with Gasteiger partial charge in [-0.1, -0.05) is 0 Å². The lowest BCUT2D eigenvalue weighted by atomic mass is 9.95. The van der Waals surface area contributed by atoms with Crippen molar-refractivity contribution in [2.24, 2.45) is 0 Å². The van der Waals surface area contributed by atoms with Crippen LogP contribution < -0.4 is 25.4 Å². The maximum absolute atomic E-state index is 16.7. The van der Waals surface area contributed by atoms with E-state index in [1.54, 1.807) is 0 Å². The number of piperazine rings is 1. The summed E-state index contributed by atoms with van der Waals surface area (Å²) in [5, 5.41) is 3.77. The van der Waals surface area contributed by atoms with Crippen molar-refractivity contribution in [3.63, 3.8) is 0 Å². The zero-order valence-electron chi connectivity index (χ0n) is 24.8. The van der Waals surface area contributed by atoms with Crippen LogP contribution in [0.1, 0.15) is 50.2 Å². The van der Waals surface area contributed by atoms with Crippen LogP contribution in [-0.2, 0) is 6.18 Å². The smallest absolute Gasteiger partial charge is 0.418 e. The van der Waals surface area contributed by atoms with Gasteiger partial charge < -0.3 is 25.4 Å². The third kappa shape index (κ3) is 4.48. The number of rotatable bonds is 4. The highest BCUT2D eigenvalue weighted by Gasteiger charge is 2.50. The van der Waals surface area contributed by atoms with Gasteiger partial charge in [-0.05, 0) is 57.7 Å². The fourth-order valence-electron chi connectivity index (χ4n) is 8.39. The van der Waals surface area contributed by atoms with Crippen LogP contribution in [0.2, 0.25) is 0 Å². The number of alkyl halides is 4. The van der Waals surface area contributed by atoms with Gasteiger partial charge in [0.1, 0.15) is 52.8 Å². The number of fused-ring (bicyclic) bond motifs is 6. The Bertz CT molecular complexity index is 1710. The van der Waals surface area contributed by atoms with Crippen molar-refractivity contribution in [2.75, 3.05) is 36.9 Å². The summed E-state index contributed by atoms with van der Waals surface area (Å²) < 4.78 is 86.7. The van der Waals surface area contributed by atoms with E-state index in [9.17, 15) is 17.6 Å². The van der Waals surface area contributed by atoms with Gasteiger partial charge in [0.25, 0.3) is 0 Å². The average molecular weight is 633 g/mol. The van der Waals surface area contributed by atoms with Gasteiger partial charge in [-0.3, -0.25) is 4.90 Å². The van der Waals surface area contributed by atoms with Crippen molar-refractivity contribution in [3.8, 4) is 23.3 Å². The second-order valence-corrected chi connectivity index (χ2v) is 13.1. The molecule has 3 aromatic heterocycles. The molecule has 0 aromatic carbocycles. The van der Waals surface area contributed by atoms with Gasteiger partial charge in [0, 0.05) is 31.6 Å². The van der Waals surface area contributed by atoms with Crippen molar-refractivity contribution < 1.29 is 31.4 Å². The zero-order valence-corrected chi connectivity index (χ0v) is 24.8. The van der Waals surface area contributed by atoms with E-state index < -0.39 is 46.8 Å². The Morgan fingerprint density at radius 2 is 1.98 bits per heavy atom. The van der Waals surface area contributed by atoms with Crippen LogP contribution in [0.4, 0.5) is 33.6 Å². The van der Waals surface area contributed by atoms with Gasteiger partial charge in [-0.15, -0.1) is 0 Å². The van der Waals surface area contributed by atoms with Crippen LogP contribution in [0.25, 0.3) is 22.3 Å². The maximum Gasteiger partial charge on any atom is 0.418 e. The van der Waals surface area contributed by atoms with Gasteiger partial charge in [0.15, 0.2) is 5.82 Å². The predicted octanol–water partition coefficient (Wildman–Crippen LogP) is 4.18. The van der Waals surface area contributed by atoms with Gasteiger partial charge in [0.05, 0.1) is 17.1 Å². The lowest BCUT2D eigenvalue weighted by molar-refractivity contribution is -0.137. The Morgan fingerprint density at radius 1 is 1.16 bits per heavy atom. The number of hydrogen-bond acceptors (Lipinski definition) is 10. The van der Waals surface area contributed by atoms with Crippen LogP contribution in [0.5, 0.6) is 11.9 Å². The number of aromatic nitrogens is 4. The van der Waals surface area contributed by atoms with Crippen LogP contribution in [-0.4, -0.2) is 87.0 Å². The molecule has 6 atom stereocenters. The van der Waals surface area contributed by atoms with Gasteiger partial charge in [0.2, 0.25) is 5.88 Å². The minimum absolute atomic E-state index is 0.0488. The van der Waals surface area contributed by atoms with Crippen LogP contribution >= 0.6 is 0 Å². The molecular weight excluding hydrogens is 599 g/mol. The Kier molecular flexibility index (Phi) is 6.38. The van der Waals surface area contributed by atoms with Crippen molar-refractivity contribution in [3.05, 3.63) is 23.0 Å². The van der Waals surface area contributed by atoms with Gasteiger partial charge in [-0.2, -0.15) is 23.1 Å². The number of nitrogens with zero attached hydrogens (tertiary/aromatic N) is 6. The Morgan fingerprint density at radius 3 is 2.78 bits per heavy atom. The number of aryl methyl sites for hydroxylation is 1. The highest BCUT2D eigenvalue weighted by atomic mass is 19.4. The highest BCUT2D eigenvalue weighted by Crippen LogP contribution is 2.47. The number of nitrogen functional groups attached to an aromatic ring is 1. The van der Waals surface area contributed by atoms with E-state index in [1.807, 2.05) is 6.92 Å². The number of nitrogens with one attached hydrogen (secondary N) is 1. The molecule has 10 nitrogen and oxygen atoms in total. The molecule has 0 radical (unpaired) electrons. The van der Waals surface area contributed by atoms with Gasteiger partial charge >= 0.3 is 12.2 Å². The number of anilines is 2. The zero-order chi connectivity index (χ0) is 31.4. The lowest BCUT2D eigenvalue weighted by Crippen LogP contribution is -2.62. The summed E-state index contributed by atoms with van der Waals surface area (Å²) in [5.74, 6) is -1.08. The molecule has 0 unspecified atom stereocenters. The summed E-state index contributed by atoms with van der Waals surface area (Å²) in [5.41, 5.74) is 2.25. The number of pyridine rings is 2. The SMILES string of the molecule is Cc1cc(N)nc(-c2nc3c4c(nc(OC[C@@]56CCCN5C[C@H](F)C6)nc4c2F)N2C[C@H]4CC[C@H](N4)[C@H]2[C@H](C)O3)c1C(F)(F)F. The summed E-state index contributed by atoms with van der Waals surface area (Å²) in [4.78, 5) is 21.6. The van der Waals surface area contributed by atoms with Crippen molar-refractivity contribution in [1.82, 2.24) is 30.2 Å². The van der Waals surface area contributed by atoms with Crippen molar-refractivity contribution in [1.29, 1.82) is 0 Å². The van der Waals surface area contributed by atoms with E-state index in [1.165, 1.54) is 6.92 Å². The summed E-state index contributed by atoms with van der Waals surface area (Å²) in [6.07, 6.45) is -2.53. The van der Waals surface area contributed by atoms with E-state index in [0.29, 0.717) is 25.3 Å². The molecule has 15 heteroatoms. The molecule has 0 amide bonds. The molecule has 4 fully saturated rings. The highest BCUT2D eigenvalue weighted by molar-refractivity contribution is 5.97. The molecule has 2 bridgehead atoms. The van der Waals surface area contributed by atoms with E-state index >= 15 is 4.39 Å². The summed E-state index contributed by atoms with van der Waals surface area (Å²) in [6, 6.07) is 0.941. The van der Waals surface area contributed by atoms with Crippen LogP contribution in [0.3, 0.4) is 0 Å². The second-order valence-electron chi connectivity index (χ2n) is 13.1. The largest absolute Gasteiger partial charge is 0.472 e. The third-order valence-corrected chi connectivity index (χ3v) is 10.2. The fourth-order valence-corrected chi connectivity index (χ4v) is 8.39. The molecule has 4 saturated heterocycles. The molecule has 8 rings (SSSR count). The Labute approximate surface area is 255 Å². The summed E-state index contributed by atoms with van der Waals surface area (Å²) >= 11 is 0. The normalized spacial score (nSPS) is 30.7.